The summed E-state index contributed by atoms with van der Waals surface area (Å²) in [5, 5.41) is 9.12. The van der Waals surface area contributed by atoms with Crippen LogP contribution in [0, 0.1) is 5.92 Å². The molecule has 0 spiro atoms. The third-order valence-electron chi connectivity index (χ3n) is 3.63. The summed E-state index contributed by atoms with van der Waals surface area (Å²) in [4.78, 5) is 13.0. The molecule has 0 aliphatic rings. The number of unbranched alkanes of at least 4 members (excludes halogenated alkanes) is 1. The molecule has 112 valence electrons. The van der Waals surface area contributed by atoms with E-state index >= 15 is 0 Å². The van der Waals surface area contributed by atoms with Gasteiger partial charge in [0.15, 0.2) is 0 Å². The molecule has 1 aromatic rings. The Morgan fingerprint density at radius 2 is 2.05 bits per heavy atom. The minimum Gasteiger partial charge on any atom is -0.480 e. The second-order valence-corrected chi connectivity index (χ2v) is 5.25. The highest BCUT2D eigenvalue weighted by Gasteiger charge is 2.17. The maximum atomic E-state index is 11.1. The first-order valence-electron chi connectivity index (χ1n) is 7.39. The Kier molecular flexibility index (Phi) is 6.91. The average Bonchev–Trinajstić information content (AvgIpc) is 2.42. The predicted molar refractivity (Wildman–Crippen MR) is 84.0 cm³/mol. The van der Waals surface area contributed by atoms with E-state index in [2.05, 4.69) is 13.8 Å². The Labute approximate surface area is 121 Å². The molecule has 3 N–H and O–H groups in total. The van der Waals surface area contributed by atoms with Crippen molar-refractivity contribution in [1.29, 1.82) is 0 Å². The highest BCUT2D eigenvalue weighted by molar-refractivity contribution is 5.77. The van der Waals surface area contributed by atoms with Gasteiger partial charge in [-0.05, 0) is 24.5 Å². The van der Waals surface area contributed by atoms with Gasteiger partial charge in [0, 0.05) is 6.54 Å². The molecule has 0 aliphatic heterocycles. The lowest BCUT2D eigenvalue weighted by molar-refractivity contribution is -0.135. The van der Waals surface area contributed by atoms with Gasteiger partial charge >= 0.3 is 5.97 Å². The van der Waals surface area contributed by atoms with Gasteiger partial charge in [0.05, 0.1) is 11.4 Å². The number of para-hydroxylation sites is 2. The Balaban J connectivity index is 2.83. The number of carbonyl (C=O) groups is 1. The molecule has 1 unspecified atom stereocenters. The maximum Gasteiger partial charge on any atom is 0.323 e. The number of nitrogens with two attached hydrogens (primary N) is 1. The van der Waals surface area contributed by atoms with Gasteiger partial charge in [-0.15, -0.1) is 0 Å². The number of rotatable bonds is 9. The number of carboxylic acids is 1. The van der Waals surface area contributed by atoms with Crippen molar-refractivity contribution in [3.8, 4) is 0 Å². The molecular formula is C16H26N2O2. The lowest BCUT2D eigenvalue weighted by atomic mass is 9.98. The van der Waals surface area contributed by atoms with Gasteiger partial charge < -0.3 is 15.7 Å². The van der Waals surface area contributed by atoms with Gasteiger partial charge in [0.1, 0.15) is 6.54 Å². The van der Waals surface area contributed by atoms with Crippen LogP contribution in [0.1, 0.15) is 39.5 Å². The van der Waals surface area contributed by atoms with Crippen LogP contribution in [0.15, 0.2) is 24.3 Å². The number of aliphatic carboxylic acids is 1. The quantitative estimate of drug-likeness (QED) is 0.680. The fourth-order valence-corrected chi connectivity index (χ4v) is 2.42. The van der Waals surface area contributed by atoms with E-state index in [1.165, 1.54) is 12.8 Å². The van der Waals surface area contributed by atoms with E-state index in [9.17, 15) is 4.79 Å². The number of benzene rings is 1. The van der Waals surface area contributed by atoms with Gasteiger partial charge in [0.2, 0.25) is 0 Å². The molecule has 0 aromatic heterocycles. The molecule has 0 saturated heterocycles. The summed E-state index contributed by atoms with van der Waals surface area (Å²) in [5.74, 6) is -0.312. The van der Waals surface area contributed by atoms with Crippen molar-refractivity contribution in [2.75, 3.05) is 23.7 Å². The zero-order chi connectivity index (χ0) is 15.0. The molecule has 0 fully saturated rings. The van der Waals surface area contributed by atoms with Gasteiger partial charge in [-0.25, -0.2) is 0 Å². The lowest BCUT2D eigenvalue weighted by Gasteiger charge is -2.28. The van der Waals surface area contributed by atoms with Crippen LogP contribution in [0.4, 0.5) is 11.4 Å². The van der Waals surface area contributed by atoms with Crippen molar-refractivity contribution in [3.63, 3.8) is 0 Å². The second kappa shape index (κ2) is 8.46. The minimum absolute atomic E-state index is 0.00314. The van der Waals surface area contributed by atoms with Gasteiger partial charge in [-0.2, -0.15) is 0 Å². The highest BCUT2D eigenvalue weighted by atomic mass is 16.4. The Bertz CT molecular complexity index is 421. The molecule has 4 nitrogen and oxygen atoms in total. The summed E-state index contributed by atoms with van der Waals surface area (Å²) in [6, 6.07) is 7.47. The first-order chi connectivity index (χ1) is 9.58. The van der Waals surface area contributed by atoms with Crippen LogP contribution in [0.3, 0.4) is 0 Å². The Morgan fingerprint density at radius 1 is 1.35 bits per heavy atom. The maximum absolute atomic E-state index is 11.1. The van der Waals surface area contributed by atoms with Crippen LogP contribution in [0.25, 0.3) is 0 Å². The topological polar surface area (TPSA) is 66.6 Å². The first kappa shape index (κ1) is 16.3. The Morgan fingerprint density at radius 3 is 2.60 bits per heavy atom. The summed E-state index contributed by atoms with van der Waals surface area (Å²) in [7, 11) is 0. The van der Waals surface area contributed by atoms with Crippen molar-refractivity contribution in [1.82, 2.24) is 0 Å². The van der Waals surface area contributed by atoms with Crippen LogP contribution < -0.4 is 10.6 Å². The monoisotopic (exact) mass is 278 g/mol. The van der Waals surface area contributed by atoms with E-state index < -0.39 is 5.97 Å². The summed E-state index contributed by atoms with van der Waals surface area (Å²) in [6.07, 6.45) is 4.55. The number of nitrogens with zero attached hydrogens (tertiary/aromatic N) is 1. The molecule has 4 heteroatoms. The molecule has 0 aliphatic carbocycles. The molecule has 1 aromatic carbocycles. The van der Waals surface area contributed by atoms with Gasteiger partial charge in [-0.1, -0.05) is 45.2 Å². The van der Waals surface area contributed by atoms with Crippen molar-refractivity contribution in [3.05, 3.63) is 24.3 Å². The number of hydrogen-bond acceptors (Lipinski definition) is 3. The second-order valence-electron chi connectivity index (χ2n) is 5.25. The highest BCUT2D eigenvalue weighted by Crippen LogP contribution is 2.25. The molecule has 0 saturated carbocycles. The summed E-state index contributed by atoms with van der Waals surface area (Å²) in [5.41, 5.74) is 7.44. The molecule has 0 amide bonds. The third-order valence-corrected chi connectivity index (χ3v) is 3.63. The van der Waals surface area contributed by atoms with Crippen molar-refractivity contribution < 1.29 is 9.90 Å². The number of carboxylic acid groups (broad SMARTS) is 1. The number of hydrogen-bond donors (Lipinski definition) is 2. The molecular weight excluding hydrogens is 252 g/mol. The zero-order valence-electron chi connectivity index (χ0n) is 12.5. The largest absolute Gasteiger partial charge is 0.480 e. The fraction of sp³-hybridized carbons (Fsp3) is 0.562. The fourth-order valence-electron chi connectivity index (χ4n) is 2.42. The van der Waals surface area contributed by atoms with Crippen LogP contribution in [-0.2, 0) is 4.79 Å². The van der Waals surface area contributed by atoms with Crippen LogP contribution in [0.2, 0.25) is 0 Å². The standard InChI is InChI=1S/C16H26N2O2/c1-3-5-8-13(4-2)11-18(12-16(19)20)15-10-7-6-9-14(15)17/h6-7,9-10,13H,3-5,8,11-12,17H2,1-2H3,(H,19,20). The molecule has 0 radical (unpaired) electrons. The van der Waals surface area contributed by atoms with Crippen molar-refractivity contribution in [2.24, 2.45) is 5.92 Å². The summed E-state index contributed by atoms with van der Waals surface area (Å²) in [6.45, 7) is 5.08. The lowest BCUT2D eigenvalue weighted by Crippen LogP contribution is -2.34. The van der Waals surface area contributed by atoms with Gasteiger partial charge in [0.25, 0.3) is 0 Å². The van der Waals surface area contributed by atoms with Crippen molar-refractivity contribution in [2.45, 2.75) is 39.5 Å². The van der Waals surface area contributed by atoms with E-state index in [0.29, 0.717) is 11.6 Å². The van der Waals surface area contributed by atoms with E-state index in [-0.39, 0.29) is 6.54 Å². The number of nitrogen functional groups attached to an aromatic ring is 1. The normalized spacial score (nSPS) is 12.1. The summed E-state index contributed by atoms with van der Waals surface area (Å²) < 4.78 is 0. The number of anilines is 2. The summed E-state index contributed by atoms with van der Waals surface area (Å²) >= 11 is 0. The minimum atomic E-state index is -0.821. The molecule has 20 heavy (non-hydrogen) atoms. The first-order valence-corrected chi connectivity index (χ1v) is 7.39. The van der Waals surface area contributed by atoms with Gasteiger partial charge in [-0.3, -0.25) is 4.79 Å². The Hall–Kier alpha value is -1.71. The van der Waals surface area contributed by atoms with Crippen molar-refractivity contribution >= 4 is 17.3 Å². The molecule has 1 atom stereocenters. The SMILES string of the molecule is CCCCC(CC)CN(CC(=O)O)c1ccccc1N. The zero-order valence-corrected chi connectivity index (χ0v) is 12.5. The third kappa shape index (κ3) is 5.11. The van der Waals surface area contributed by atoms with E-state index in [1.54, 1.807) is 0 Å². The average molecular weight is 278 g/mol. The smallest absolute Gasteiger partial charge is 0.323 e. The van der Waals surface area contributed by atoms with E-state index in [1.807, 2.05) is 29.2 Å². The molecule has 0 heterocycles. The van der Waals surface area contributed by atoms with E-state index in [4.69, 9.17) is 10.8 Å². The molecule has 0 bridgehead atoms. The van der Waals surface area contributed by atoms with Crippen LogP contribution >= 0.6 is 0 Å². The van der Waals surface area contributed by atoms with Crippen LogP contribution in [-0.4, -0.2) is 24.2 Å². The molecule has 1 rings (SSSR count). The predicted octanol–water partition coefficient (Wildman–Crippen LogP) is 3.38. The van der Waals surface area contributed by atoms with Crippen LogP contribution in [0.5, 0.6) is 0 Å². The van der Waals surface area contributed by atoms with E-state index in [0.717, 1.165) is 25.1 Å².